The van der Waals surface area contributed by atoms with Gasteiger partial charge in [0.25, 0.3) is 11.8 Å². The van der Waals surface area contributed by atoms with Gasteiger partial charge in [-0.1, -0.05) is 23.7 Å². The van der Waals surface area contributed by atoms with Crippen molar-refractivity contribution in [3.63, 3.8) is 0 Å². The van der Waals surface area contributed by atoms with E-state index in [0.29, 0.717) is 40.2 Å². The molecule has 0 unspecified atom stereocenters. The molecule has 0 aliphatic rings. The molecule has 0 fully saturated rings. The van der Waals surface area contributed by atoms with Gasteiger partial charge in [0.2, 0.25) is 0 Å². The van der Waals surface area contributed by atoms with Gasteiger partial charge in [0.1, 0.15) is 45.4 Å². The van der Waals surface area contributed by atoms with Crippen LogP contribution >= 0.6 is 11.6 Å². The first-order chi connectivity index (χ1) is 29.2. The van der Waals surface area contributed by atoms with Crippen LogP contribution in [0.2, 0.25) is 5.15 Å². The van der Waals surface area contributed by atoms with E-state index in [9.17, 15) is 38.2 Å². The predicted octanol–water partition coefficient (Wildman–Crippen LogP) is 6.52. The summed E-state index contributed by atoms with van der Waals surface area (Å²) in [5.41, 5.74) is 7.05. The number of methoxy groups -OCH3 is 2. The Morgan fingerprint density at radius 3 is 1.49 bits per heavy atom. The fraction of sp³-hybridized carbons (Fsp3) is 0.100. The third-order valence-electron chi connectivity index (χ3n) is 7.89. The van der Waals surface area contributed by atoms with Crippen LogP contribution in [0.15, 0.2) is 97.6 Å². The van der Waals surface area contributed by atoms with Crippen molar-refractivity contribution >= 4 is 75.6 Å². The van der Waals surface area contributed by atoms with Crippen LogP contribution in [0.3, 0.4) is 0 Å². The number of carbonyl (C=O) groups is 4. The van der Waals surface area contributed by atoms with Gasteiger partial charge < -0.3 is 52.0 Å². The molecule has 0 saturated carbocycles. The van der Waals surface area contributed by atoms with Gasteiger partial charge in [0.05, 0.1) is 60.5 Å². The van der Waals surface area contributed by atoms with Crippen LogP contribution in [-0.2, 0) is 0 Å². The predicted molar refractivity (Wildman–Crippen MR) is 223 cm³/mol. The van der Waals surface area contributed by atoms with Gasteiger partial charge in [-0.25, -0.2) is 38.3 Å². The highest BCUT2D eigenvalue weighted by Gasteiger charge is 2.20. The van der Waals surface area contributed by atoms with Crippen molar-refractivity contribution in [3.05, 3.63) is 137 Å². The number of halogens is 3. The highest BCUT2D eigenvalue weighted by atomic mass is 35.5. The van der Waals surface area contributed by atoms with Crippen LogP contribution in [0.5, 0.6) is 11.5 Å². The van der Waals surface area contributed by atoms with Crippen LogP contribution in [0.1, 0.15) is 41.4 Å². The van der Waals surface area contributed by atoms with Crippen molar-refractivity contribution in [2.75, 3.05) is 50.0 Å². The number of anilines is 7. The van der Waals surface area contributed by atoms with Gasteiger partial charge in [0.15, 0.2) is 11.5 Å². The van der Waals surface area contributed by atoms with Gasteiger partial charge in [-0.15, -0.1) is 0 Å². The number of carboxylic acid groups (broad SMARTS) is 2. The van der Waals surface area contributed by atoms with Crippen LogP contribution in [0.25, 0.3) is 0 Å². The lowest BCUT2D eigenvalue weighted by atomic mass is 10.1. The summed E-state index contributed by atoms with van der Waals surface area (Å²) in [6.07, 6.45) is 4.82. The Hall–Kier alpha value is -8.13. The molecule has 61 heavy (non-hydrogen) atoms. The molecule has 0 aliphatic heterocycles. The number of nitrogens with two attached hydrogens (primary N) is 1. The van der Waals surface area contributed by atoms with Gasteiger partial charge >= 0.3 is 11.9 Å². The minimum atomic E-state index is -1.15. The second kappa shape index (κ2) is 21.6. The van der Waals surface area contributed by atoms with E-state index < -0.39 is 23.7 Å². The summed E-state index contributed by atoms with van der Waals surface area (Å²) < 4.78 is 35.5. The number of para-hydroxylation sites is 2. The number of carboxylic acids is 2. The van der Waals surface area contributed by atoms with Gasteiger partial charge in [0, 0.05) is 32.6 Å². The van der Waals surface area contributed by atoms with Crippen molar-refractivity contribution in [2.24, 2.45) is 0 Å². The molecular formula is C40H37ClF2N10O8. The second-order valence-electron chi connectivity index (χ2n) is 11.8. The van der Waals surface area contributed by atoms with E-state index in [1.165, 1.54) is 83.2 Å². The maximum absolute atomic E-state index is 13.1. The number of benzene rings is 2. The number of amides is 2. The Bertz CT molecular complexity index is 2500. The Kier molecular flexibility index (Phi) is 16.1. The molecule has 0 bridgehead atoms. The third kappa shape index (κ3) is 12.4. The SMILES string of the molecule is CNC(=O)c1cnc(Cl)cc1Nc1cccc(C(=O)O)c1OC.CNC(=O)c1cnc(Nc2ccc(F)cn2)cc1Nc1cccc(C(=O)O)c1OC.Nc1ccc(F)cn1. The lowest BCUT2D eigenvalue weighted by molar-refractivity contribution is 0.0682. The zero-order valence-corrected chi connectivity index (χ0v) is 33.3. The van der Waals surface area contributed by atoms with Crippen LogP contribution < -0.4 is 41.8 Å². The molecule has 9 N–H and O–H groups in total. The monoisotopic (exact) mass is 858 g/mol. The molecule has 0 radical (unpaired) electrons. The lowest BCUT2D eigenvalue weighted by Gasteiger charge is -2.16. The minimum Gasteiger partial charge on any atom is -0.494 e. The largest absolute Gasteiger partial charge is 0.494 e. The number of nitrogens with zero attached hydrogens (tertiary/aromatic N) is 4. The van der Waals surface area contributed by atoms with Crippen molar-refractivity contribution in [1.29, 1.82) is 0 Å². The summed E-state index contributed by atoms with van der Waals surface area (Å²) in [6.45, 7) is 0. The first kappa shape index (κ1) is 45.6. The number of nitrogen functional groups attached to an aromatic ring is 1. The molecule has 0 aliphatic carbocycles. The quantitative estimate of drug-likeness (QED) is 0.0609. The molecule has 21 heteroatoms. The summed E-state index contributed by atoms with van der Waals surface area (Å²) in [4.78, 5) is 62.3. The Morgan fingerprint density at radius 1 is 0.590 bits per heavy atom. The van der Waals surface area contributed by atoms with Crippen LogP contribution in [-0.4, -0.2) is 82.2 Å². The second-order valence-corrected chi connectivity index (χ2v) is 12.2. The standard InChI is InChI=1S/C20H18FN5O4.C15H14ClN3O4.C5H5FN2/c1-22-19(27)13-10-24-17(26-16-7-6-11(21)9-23-16)8-15(13)25-14-5-3-4-12(20(28)29)18(14)30-2;1-17-14(20)9-7-18-12(16)6-11(9)19-10-5-3-4-8(15(21)22)13(10)23-2;6-4-1-2-5(7)8-3-4/h3-10H,1-2H3,(H,22,27)(H,28,29)(H2,23,24,25,26);3-7H,1-2H3,(H,17,20)(H,18,19)(H,21,22);1-3H,(H2,7,8). The summed E-state index contributed by atoms with van der Waals surface area (Å²) in [6, 6.07) is 17.6. The van der Waals surface area contributed by atoms with Crippen molar-refractivity contribution in [2.45, 2.75) is 0 Å². The molecule has 4 aromatic heterocycles. The minimum absolute atomic E-state index is 0.000791. The number of pyridine rings is 4. The summed E-state index contributed by atoms with van der Waals surface area (Å²) in [5.74, 6) is -2.58. The molecule has 6 rings (SSSR count). The van der Waals surface area contributed by atoms with E-state index in [4.69, 9.17) is 26.8 Å². The number of aromatic carboxylic acids is 2. The number of carbonyl (C=O) groups excluding carboxylic acids is 2. The zero-order valence-electron chi connectivity index (χ0n) is 32.6. The number of ether oxygens (including phenoxy) is 2. The first-order valence-electron chi connectivity index (χ1n) is 17.4. The number of nitrogens with one attached hydrogen (secondary N) is 5. The molecular weight excluding hydrogens is 822 g/mol. The van der Waals surface area contributed by atoms with E-state index in [1.54, 1.807) is 30.3 Å². The number of hydrogen-bond donors (Lipinski definition) is 8. The van der Waals surface area contributed by atoms with Crippen molar-refractivity contribution < 1.29 is 47.6 Å². The normalized spacial score (nSPS) is 10.0. The molecule has 0 saturated heterocycles. The maximum atomic E-state index is 13.1. The molecule has 6 aromatic rings. The third-order valence-corrected chi connectivity index (χ3v) is 8.10. The lowest BCUT2D eigenvalue weighted by Crippen LogP contribution is -2.19. The number of rotatable bonds is 12. The van der Waals surface area contributed by atoms with Crippen molar-refractivity contribution in [1.82, 2.24) is 30.6 Å². The molecule has 316 valence electrons. The van der Waals surface area contributed by atoms with Crippen LogP contribution in [0, 0.1) is 11.6 Å². The van der Waals surface area contributed by atoms with Gasteiger partial charge in [-0.3, -0.25) is 9.59 Å². The van der Waals surface area contributed by atoms with Gasteiger partial charge in [-0.2, -0.15) is 0 Å². The first-order valence-corrected chi connectivity index (χ1v) is 17.8. The van der Waals surface area contributed by atoms with Crippen molar-refractivity contribution in [3.8, 4) is 11.5 Å². The molecule has 2 aromatic carbocycles. The summed E-state index contributed by atoms with van der Waals surface area (Å²) >= 11 is 5.88. The Balaban J connectivity index is 0.000000232. The van der Waals surface area contributed by atoms with E-state index in [-0.39, 0.29) is 50.6 Å². The molecule has 0 atom stereocenters. The van der Waals surface area contributed by atoms with Gasteiger partial charge in [-0.05, 0) is 54.6 Å². The summed E-state index contributed by atoms with van der Waals surface area (Å²) in [7, 11) is 5.69. The molecule has 4 heterocycles. The average molecular weight is 859 g/mol. The van der Waals surface area contributed by atoms with E-state index in [1.807, 2.05) is 0 Å². The van der Waals surface area contributed by atoms with E-state index in [2.05, 4.69) is 46.5 Å². The van der Waals surface area contributed by atoms with Crippen LogP contribution in [0.4, 0.5) is 49.0 Å². The number of aromatic nitrogens is 4. The average Bonchev–Trinajstić information content (AvgIpc) is 3.25. The highest BCUT2D eigenvalue weighted by molar-refractivity contribution is 6.29. The molecule has 0 spiro atoms. The van der Waals surface area contributed by atoms with E-state index in [0.717, 1.165) is 12.4 Å². The number of hydrogen-bond acceptors (Lipinski definition) is 14. The van der Waals surface area contributed by atoms with E-state index >= 15 is 0 Å². The fourth-order valence-corrected chi connectivity index (χ4v) is 5.26. The molecule has 18 nitrogen and oxygen atoms in total. The zero-order chi connectivity index (χ0) is 44.6. The topological polar surface area (TPSA) is 265 Å². The molecule has 2 amide bonds. The fourth-order valence-electron chi connectivity index (χ4n) is 5.10. The summed E-state index contributed by atoms with van der Waals surface area (Å²) in [5, 5.41) is 32.7. The Labute approximate surface area is 351 Å². The Morgan fingerprint density at radius 2 is 1.07 bits per heavy atom. The maximum Gasteiger partial charge on any atom is 0.339 e. The smallest absolute Gasteiger partial charge is 0.339 e. The highest BCUT2D eigenvalue weighted by Crippen LogP contribution is 2.35.